The molecule has 1 heterocycles. The van der Waals surface area contributed by atoms with Gasteiger partial charge in [0.2, 0.25) is 5.91 Å². The van der Waals surface area contributed by atoms with Crippen LogP contribution in [-0.2, 0) is 11.3 Å². The number of nitrogens with zero attached hydrogens (tertiary/aromatic N) is 1. The second-order valence-electron chi connectivity index (χ2n) is 6.19. The van der Waals surface area contributed by atoms with Crippen LogP contribution < -0.4 is 5.73 Å². The zero-order valence-electron chi connectivity index (χ0n) is 12.7. The first-order chi connectivity index (χ1) is 9.56. The highest BCUT2D eigenvalue weighted by molar-refractivity contribution is 5.76. The van der Waals surface area contributed by atoms with E-state index in [2.05, 4.69) is 0 Å². The van der Waals surface area contributed by atoms with Crippen LogP contribution in [-0.4, -0.2) is 24.4 Å². The van der Waals surface area contributed by atoms with Gasteiger partial charge in [0.15, 0.2) is 0 Å². The molecule has 2 rings (SSSR count). The topological polar surface area (TPSA) is 59.5 Å². The van der Waals surface area contributed by atoms with Gasteiger partial charge in [-0.1, -0.05) is 19.3 Å². The maximum Gasteiger partial charge on any atom is 0.223 e. The van der Waals surface area contributed by atoms with Crippen molar-refractivity contribution in [2.75, 3.05) is 13.6 Å². The van der Waals surface area contributed by atoms with Crippen molar-refractivity contribution in [1.29, 1.82) is 0 Å². The van der Waals surface area contributed by atoms with Crippen LogP contribution in [0, 0.1) is 12.3 Å². The smallest absolute Gasteiger partial charge is 0.223 e. The monoisotopic (exact) mass is 278 g/mol. The molecule has 4 heteroatoms. The second-order valence-corrected chi connectivity index (χ2v) is 6.19. The van der Waals surface area contributed by atoms with Crippen molar-refractivity contribution in [3.8, 4) is 0 Å². The Labute approximate surface area is 121 Å². The third-order valence-electron chi connectivity index (χ3n) is 4.67. The number of carbonyl (C=O) groups excluding carboxylic acids is 1. The van der Waals surface area contributed by atoms with Crippen LogP contribution in [0.2, 0.25) is 0 Å². The highest BCUT2D eigenvalue weighted by Crippen LogP contribution is 2.38. The maximum atomic E-state index is 12.5. The zero-order chi connectivity index (χ0) is 14.6. The summed E-state index contributed by atoms with van der Waals surface area (Å²) in [5, 5.41) is 0. The number of rotatable bonds is 5. The number of nitrogens with two attached hydrogens (primary N) is 1. The van der Waals surface area contributed by atoms with Crippen molar-refractivity contribution in [2.45, 2.75) is 52.0 Å². The predicted molar refractivity (Wildman–Crippen MR) is 79.1 cm³/mol. The molecule has 1 aromatic rings. The van der Waals surface area contributed by atoms with E-state index in [4.69, 9.17) is 10.2 Å². The van der Waals surface area contributed by atoms with E-state index < -0.39 is 0 Å². The van der Waals surface area contributed by atoms with Crippen molar-refractivity contribution in [2.24, 2.45) is 11.1 Å². The summed E-state index contributed by atoms with van der Waals surface area (Å²) in [6.07, 6.45) is 8.12. The third-order valence-corrected chi connectivity index (χ3v) is 4.67. The van der Waals surface area contributed by atoms with Gasteiger partial charge in [0.25, 0.3) is 0 Å². The summed E-state index contributed by atoms with van der Waals surface area (Å²) in [5.41, 5.74) is 7.07. The summed E-state index contributed by atoms with van der Waals surface area (Å²) in [4.78, 5) is 14.2. The van der Waals surface area contributed by atoms with Gasteiger partial charge in [0, 0.05) is 25.6 Å². The van der Waals surface area contributed by atoms with Gasteiger partial charge in [-0.3, -0.25) is 4.79 Å². The fourth-order valence-corrected chi connectivity index (χ4v) is 3.13. The van der Waals surface area contributed by atoms with Crippen molar-refractivity contribution in [1.82, 2.24) is 4.90 Å². The van der Waals surface area contributed by atoms with Crippen LogP contribution in [0.15, 0.2) is 16.7 Å². The molecule has 1 aliphatic carbocycles. The Morgan fingerprint density at radius 2 is 2.10 bits per heavy atom. The molecule has 1 aliphatic rings. The summed E-state index contributed by atoms with van der Waals surface area (Å²) in [7, 11) is 1.86. The lowest BCUT2D eigenvalue weighted by atomic mass is 9.71. The molecule has 1 saturated carbocycles. The summed E-state index contributed by atoms with van der Waals surface area (Å²) >= 11 is 0. The normalized spacial score (nSPS) is 17.9. The Kier molecular flexibility index (Phi) is 4.86. The molecule has 1 fully saturated rings. The van der Waals surface area contributed by atoms with E-state index in [1.54, 1.807) is 11.2 Å². The standard InChI is InChI=1S/C16H26N2O2/c1-13-14(6-9-20-13)11-18(2)15(19)10-16(12-17)7-4-3-5-8-16/h6,9H,3-5,7-8,10-12,17H2,1-2H3. The fraction of sp³-hybridized carbons (Fsp3) is 0.688. The summed E-state index contributed by atoms with van der Waals surface area (Å²) < 4.78 is 5.28. The van der Waals surface area contributed by atoms with Crippen molar-refractivity contribution in [3.05, 3.63) is 23.7 Å². The van der Waals surface area contributed by atoms with Crippen LogP contribution in [0.3, 0.4) is 0 Å². The van der Waals surface area contributed by atoms with Gasteiger partial charge in [-0.05, 0) is 37.8 Å². The Bertz CT molecular complexity index is 447. The quantitative estimate of drug-likeness (QED) is 0.901. The largest absolute Gasteiger partial charge is 0.469 e. The predicted octanol–water partition coefficient (Wildman–Crippen LogP) is 2.85. The Balaban J connectivity index is 1.94. The van der Waals surface area contributed by atoms with Gasteiger partial charge in [-0.15, -0.1) is 0 Å². The lowest BCUT2D eigenvalue weighted by Crippen LogP contribution is -2.39. The van der Waals surface area contributed by atoms with E-state index in [1.165, 1.54) is 19.3 Å². The minimum atomic E-state index is 0.0367. The van der Waals surface area contributed by atoms with Crippen LogP contribution >= 0.6 is 0 Å². The van der Waals surface area contributed by atoms with Crippen molar-refractivity contribution >= 4 is 5.91 Å². The number of carbonyl (C=O) groups is 1. The third kappa shape index (κ3) is 3.42. The van der Waals surface area contributed by atoms with Gasteiger partial charge in [-0.2, -0.15) is 0 Å². The van der Waals surface area contributed by atoms with E-state index >= 15 is 0 Å². The van der Waals surface area contributed by atoms with Crippen LogP contribution in [0.4, 0.5) is 0 Å². The van der Waals surface area contributed by atoms with Crippen LogP contribution in [0.5, 0.6) is 0 Å². The molecule has 0 aromatic carbocycles. The SMILES string of the molecule is Cc1occc1CN(C)C(=O)CC1(CN)CCCCC1. The van der Waals surface area contributed by atoms with E-state index in [0.29, 0.717) is 19.5 Å². The Hall–Kier alpha value is -1.29. The molecule has 112 valence electrons. The van der Waals surface area contributed by atoms with Gasteiger partial charge in [-0.25, -0.2) is 0 Å². The molecule has 0 radical (unpaired) electrons. The number of amides is 1. The number of hydrogen-bond acceptors (Lipinski definition) is 3. The number of aryl methyl sites for hydroxylation is 1. The average Bonchev–Trinajstić information content (AvgIpc) is 2.85. The highest BCUT2D eigenvalue weighted by Gasteiger charge is 2.33. The Morgan fingerprint density at radius 3 is 2.65 bits per heavy atom. The molecular weight excluding hydrogens is 252 g/mol. The molecule has 1 aromatic heterocycles. The first kappa shape index (κ1) is 15.1. The van der Waals surface area contributed by atoms with E-state index in [1.807, 2.05) is 20.0 Å². The molecule has 0 saturated heterocycles. The molecular formula is C16H26N2O2. The van der Waals surface area contributed by atoms with E-state index in [-0.39, 0.29) is 11.3 Å². The maximum absolute atomic E-state index is 12.5. The van der Waals surface area contributed by atoms with Gasteiger partial charge in [0.05, 0.1) is 6.26 Å². The molecule has 0 aliphatic heterocycles. The van der Waals surface area contributed by atoms with Crippen LogP contribution in [0.1, 0.15) is 49.8 Å². The highest BCUT2D eigenvalue weighted by atomic mass is 16.3. The van der Waals surface area contributed by atoms with Crippen molar-refractivity contribution in [3.63, 3.8) is 0 Å². The molecule has 0 bridgehead atoms. The molecule has 20 heavy (non-hydrogen) atoms. The molecule has 4 nitrogen and oxygen atoms in total. The molecule has 1 amide bonds. The first-order valence-electron chi connectivity index (χ1n) is 7.53. The summed E-state index contributed by atoms with van der Waals surface area (Å²) in [6.45, 7) is 3.16. The minimum absolute atomic E-state index is 0.0367. The zero-order valence-corrected chi connectivity index (χ0v) is 12.7. The van der Waals surface area contributed by atoms with Crippen LogP contribution in [0.25, 0.3) is 0 Å². The summed E-state index contributed by atoms with van der Waals surface area (Å²) in [6, 6.07) is 1.93. The molecule has 2 N–H and O–H groups in total. The minimum Gasteiger partial charge on any atom is -0.469 e. The average molecular weight is 278 g/mol. The lowest BCUT2D eigenvalue weighted by Gasteiger charge is -2.36. The second kappa shape index (κ2) is 6.44. The Morgan fingerprint density at radius 1 is 1.40 bits per heavy atom. The number of furan rings is 1. The van der Waals surface area contributed by atoms with Gasteiger partial charge < -0.3 is 15.1 Å². The van der Waals surface area contributed by atoms with Crippen molar-refractivity contribution < 1.29 is 9.21 Å². The molecule has 0 spiro atoms. The lowest BCUT2D eigenvalue weighted by molar-refractivity contribution is -0.133. The molecule has 0 atom stereocenters. The number of hydrogen-bond donors (Lipinski definition) is 1. The summed E-state index contributed by atoms with van der Waals surface area (Å²) in [5.74, 6) is 1.08. The van der Waals surface area contributed by atoms with E-state index in [9.17, 15) is 4.79 Å². The van der Waals surface area contributed by atoms with Gasteiger partial charge >= 0.3 is 0 Å². The molecule has 0 unspecified atom stereocenters. The first-order valence-corrected chi connectivity index (χ1v) is 7.53. The van der Waals surface area contributed by atoms with Gasteiger partial charge in [0.1, 0.15) is 5.76 Å². The van der Waals surface area contributed by atoms with E-state index in [0.717, 1.165) is 24.2 Å². The fourth-order valence-electron chi connectivity index (χ4n) is 3.13.